The third-order valence-electron chi connectivity index (χ3n) is 6.19. The van der Waals surface area contributed by atoms with Crippen molar-refractivity contribution in [2.24, 2.45) is 11.8 Å². The van der Waals surface area contributed by atoms with E-state index in [-0.39, 0.29) is 35.6 Å². The molecule has 0 aromatic heterocycles. The average Bonchev–Trinajstić information content (AvgIpc) is 3.26. The Hall–Kier alpha value is -2.89. The van der Waals surface area contributed by atoms with Crippen molar-refractivity contribution in [3.8, 4) is 0 Å². The number of rotatable bonds is 3. The number of hydrogen-bond acceptors (Lipinski definition) is 2. The van der Waals surface area contributed by atoms with E-state index >= 15 is 0 Å². The summed E-state index contributed by atoms with van der Waals surface area (Å²) in [6.45, 7) is 5.36. The Morgan fingerprint density at radius 2 is 1.90 bits per heavy atom. The van der Waals surface area contributed by atoms with Crippen molar-refractivity contribution in [3.63, 3.8) is 0 Å². The lowest BCUT2D eigenvalue weighted by Gasteiger charge is -2.29. The predicted octanol–water partition coefficient (Wildman–Crippen LogP) is 4.07. The average molecular weight is 395 g/mol. The van der Waals surface area contributed by atoms with Crippen molar-refractivity contribution < 1.29 is 14.0 Å². The van der Waals surface area contributed by atoms with Crippen LogP contribution in [0, 0.1) is 17.7 Å². The highest BCUT2D eigenvalue weighted by Crippen LogP contribution is 2.45. The number of halogens is 1. The largest absolute Gasteiger partial charge is 0.335 e. The van der Waals surface area contributed by atoms with Crippen LogP contribution < -0.4 is 5.32 Å². The summed E-state index contributed by atoms with van der Waals surface area (Å²) in [5.74, 6) is -0.0213. The highest BCUT2D eigenvalue weighted by molar-refractivity contribution is 5.90. The molecular weight excluding hydrogens is 369 g/mol. The van der Waals surface area contributed by atoms with E-state index in [4.69, 9.17) is 0 Å². The number of amides is 3. The van der Waals surface area contributed by atoms with Crippen LogP contribution >= 0.6 is 0 Å². The zero-order valence-electron chi connectivity index (χ0n) is 16.8. The lowest BCUT2D eigenvalue weighted by atomic mass is 9.89. The van der Waals surface area contributed by atoms with Crippen molar-refractivity contribution in [1.29, 1.82) is 0 Å². The Morgan fingerprint density at radius 3 is 2.62 bits per heavy atom. The predicted molar refractivity (Wildman–Crippen MR) is 110 cm³/mol. The molecule has 2 heterocycles. The molecule has 2 aromatic rings. The summed E-state index contributed by atoms with van der Waals surface area (Å²) in [6.07, 6.45) is 0.844. The van der Waals surface area contributed by atoms with E-state index in [1.165, 1.54) is 12.1 Å². The zero-order valence-corrected chi connectivity index (χ0v) is 16.8. The first-order valence-electron chi connectivity index (χ1n) is 10.1. The van der Waals surface area contributed by atoms with Gasteiger partial charge in [0.1, 0.15) is 5.82 Å². The van der Waals surface area contributed by atoms with Crippen LogP contribution in [0.25, 0.3) is 0 Å². The number of aryl methyl sites for hydroxylation is 1. The summed E-state index contributed by atoms with van der Waals surface area (Å²) in [5, 5.41) is 3.04. The van der Waals surface area contributed by atoms with Gasteiger partial charge in [0.2, 0.25) is 5.91 Å². The minimum atomic E-state index is -0.307. The van der Waals surface area contributed by atoms with Gasteiger partial charge in [0.05, 0.1) is 6.04 Å². The number of anilines is 1. The number of nitrogens with one attached hydrogen (secondary N) is 1. The van der Waals surface area contributed by atoms with Gasteiger partial charge in [-0.25, -0.2) is 9.18 Å². The van der Waals surface area contributed by atoms with E-state index in [1.54, 1.807) is 13.0 Å². The molecule has 2 aromatic carbocycles. The molecule has 3 amide bonds. The number of nitrogens with zero attached hydrogens (tertiary/aromatic N) is 2. The molecule has 2 aliphatic heterocycles. The second-order valence-electron chi connectivity index (χ2n) is 7.94. The summed E-state index contributed by atoms with van der Waals surface area (Å²) in [4.78, 5) is 28.8. The Balaban J connectivity index is 1.53. The fourth-order valence-corrected chi connectivity index (χ4v) is 4.80. The van der Waals surface area contributed by atoms with Crippen LogP contribution in [0.5, 0.6) is 0 Å². The van der Waals surface area contributed by atoms with Gasteiger partial charge in [-0.05, 0) is 35.7 Å². The first kappa shape index (κ1) is 19.4. The number of carbonyl (C=O) groups is 2. The van der Waals surface area contributed by atoms with E-state index in [1.807, 2.05) is 40.1 Å². The topological polar surface area (TPSA) is 52.7 Å². The van der Waals surface area contributed by atoms with Crippen LogP contribution in [0.4, 0.5) is 14.9 Å². The molecule has 2 fully saturated rings. The van der Waals surface area contributed by atoms with Crippen LogP contribution in [0.3, 0.4) is 0 Å². The maximum Gasteiger partial charge on any atom is 0.321 e. The Bertz CT molecular complexity index is 932. The van der Waals surface area contributed by atoms with Gasteiger partial charge < -0.3 is 15.1 Å². The lowest BCUT2D eigenvalue weighted by Crippen LogP contribution is -2.38. The van der Waals surface area contributed by atoms with E-state index in [9.17, 15) is 14.0 Å². The second kappa shape index (κ2) is 7.85. The fourth-order valence-electron chi connectivity index (χ4n) is 4.80. The molecule has 29 heavy (non-hydrogen) atoms. The highest BCUT2D eigenvalue weighted by Gasteiger charge is 2.49. The SMILES string of the molecule is CCc1ccccc1NC(=O)N1C[C@@H]2CN(C(C)=O)[C@@H](c3cccc(F)c3)[C@@H]2C1. The van der Waals surface area contributed by atoms with Gasteiger partial charge in [0.15, 0.2) is 0 Å². The van der Waals surface area contributed by atoms with Crippen LogP contribution in [-0.2, 0) is 11.2 Å². The molecule has 0 spiro atoms. The number of urea groups is 1. The summed E-state index contributed by atoms with van der Waals surface area (Å²) in [6, 6.07) is 14.0. The van der Waals surface area contributed by atoms with Crippen LogP contribution in [-0.4, -0.2) is 41.4 Å². The zero-order chi connectivity index (χ0) is 20.5. The summed E-state index contributed by atoms with van der Waals surface area (Å²) >= 11 is 0. The summed E-state index contributed by atoms with van der Waals surface area (Å²) in [5.41, 5.74) is 2.73. The molecular formula is C23H26FN3O2. The number of hydrogen-bond donors (Lipinski definition) is 1. The number of para-hydroxylation sites is 1. The van der Waals surface area contributed by atoms with Crippen molar-refractivity contribution in [1.82, 2.24) is 9.80 Å². The highest BCUT2D eigenvalue weighted by atomic mass is 19.1. The Kier molecular flexibility index (Phi) is 5.26. The molecule has 2 aliphatic rings. The quantitative estimate of drug-likeness (QED) is 0.852. The van der Waals surface area contributed by atoms with Gasteiger partial charge in [-0.3, -0.25) is 4.79 Å². The van der Waals surface area contributed by atoms with E-state index in [0.717, 1.165) is 23.2 Å². The molecule has 6 heteroatoms. The molecule has 152 valence electrons. The smallest absolute Gasteiger partial charge is 0.321 e. The van der Waals surface area contributed by atoms with Crippen molar-refractivity contribution in [2.75, 3.05) is 25.0 Å². The molecule has 4 rings (SSSR count). The number of benzene rings is 2. The minimum absolute atomic E-state index is 0.0125. The molecule has 2 saturated heterocycles. The van der Waals surface area contributed by atoms with Crippen LogP contribution in [0.2, 0.25) is 0 Å². The third-order valence-corrected chi connectivity index (χ3v) is 6.19. The summed E-state index contributed by atoms with van der Waals surface area (Å²) in [7, 11) is 0. The Morgan fingerprint density at radius 1 is 1.10 bits per heavy atom. The monoisotopic (exact) mass is 395 g/mol. The number of carbonyl (C=O) groups excluding carboxylic acids is 2. The van der Waals surface area contributed by atoms with Crippen molar-refractivity contribution in [2.45, 2.75) is 26.3 Å². The minimum Gasteiger partial charge on any atom is -0.335 e. The lowest BCUT2D eigenvalue weighted by molar-refractivity contribution is -0.130. The first-order chi connectivity index (χ1) is 14.0. The Labute approximate surface area is 170 Å². The van der Waals surface area contributed by atoms with Crippen molar-refractivity contribution >= 4 is 17.6 Å². The summed E-state index contributed by atoms with van der Waals surface area (Å²) < 4.78 is 13.8. The third kappa shape index (κ3) is 3.71. The molecule has 5 nitrogen and oxygen atoms in total. The van der Waals surface area contributed by atoms with Crippen LogP contribution in [0.15, 0.2) is 48.5 Å². The van der Waals surface area contributed by atoms with E-state index in [0.29, 0.717) is 19.6 Å². The molecule has 3 atom stereocenters. The number of likely N-dealkylation sites (tertiary alicyclic amines) is 2. The molecule has 0 radical (unpaired) electrons. The van der Waals surface area contributed by atoms with Gasteiger partial charge in [-0.1, -0.05) is 37.3 Å². The fraction of sp³-hybridized carbons (Fsp3) is 0.391. The molecule has 0 saturated carbocycles. The van der Waals surface area contributed by atoms with Gasteiger partial charge in [-0.15, -0.1) is 0 Å². The van der Waals surface area contributed by atoms with Gasteiger partial charge in [-0.2, -0.15) is 0 Å². The molecule has 0 unspecified atom stereocenters. The van der Waals surface area contributed by atoms with Crippen molar-refractivity contribution in [3.05, 3.63) is 65.5 Å². The first-order valence-corrected chi connectivity index (χ1v) is 10.1. The van der Waals surface area contributed by atoms with Gasteiger partial charge in [0.25, 0.3) is 0 Å². The van der Waals surface area contributed by atoms with E-state index in [2.05, 4.69) is 12.2 Å². The molecule has 0 aliphatic carbocycles. The molecule has 0 bridgehead atoms. The maximum atomic E-state index is 13.8. The van der Waals surface area contributed by atoms with Gasteiger partial charge >= 0.3 is 6.03 Å². The molecule has 1 N–H and O–H groups in total. The maximum absolute atomic E-state index is 13.8. The normalized spacial score (nSPS) is 23.2. The standard InChI is InChI=1S/C23H26FN3O2/c1-3-16-7-4-5-10-21(16)25-23(29)26-12-18-13-27(15(2)28)22(20(18)14-26)17-8-6-9-19(24)11-17/h4-11,18,20,22H,3,12-14H2,1-2H3,(H,25,29)/t18-,20-,22+/m1/s1. The van der Waals surface area contributed by atoms with E-state index < -0.39 is 0 Å². The second-order valence-corrected chi connectivity index (χ2v) is 7.94. The number of fused-ring (bicyclic) bond motifs is 1. The van der Waals surface area contributed by atoms with Crippen LogP contribution in [0.1, 0.15) is 31.0 Å². The van der Waals surface area contributed by atoms with Gasteiger partial charge in [0, 0.05) is 44.1 Å².